The van der Waals surface area contributed by atoms with Gasteiger partial charge in [0.25, 0.3) is 22.8 Å². The predicted octanol–water partition coefficient (Wildman–Crippen LogP) is -0.411. The summed E-state index contributed by atoms with van der Waals surface area (Å²) < 4.78 is 2.68. The normalized spacial score (nSPS) is 9.03. The van der Waals surface area contributed by atoms with Gasteiger partial charge in [-0.15, -0.1) is 0 Å². The largest absolute Gasteiger partial charge is 0.618 e. The van der Waals surface area contributed by atoms with Gasteiger partial charge < -0.3 is 31.8 Å². The van der Waals surface area contributed by atoms with E-state index in [1.165, 1.54) is 24.8 Å². The van der Waals surface area contributed by atoms with E-state index in [1.54, 1.807) is 72.8 Å². The summed E-state index contributed by atoms with van der Waals surface area (Å²) in [6.45, 7) is 0. The molecule has 0 unspecified atom stereocenters. The third-order valence-electron chi connectivity index (χ3n) is 3.82. The second-order valence-electron chi connectivity index (χ2n) is 5.65. The molecule has 0 saturated carbocycles. The fourth-order valence-corrected chi connectivity index (χ4v) is 2.51. The Morgan fingerprint density at radius 1 is 0.387 bits per heavy atom. The summed E-state index contributed by atoms with van der Waals surface area (Å²) in [7, 11) is 0. The fourth-order valence-electron chi connectivity index (χ4n) is 2.51. The van der Waals surface area contributed by atoms with Gasteiger partial charge in [0.05, 0.1) is 0 Å². The zero-order valence-corrected chi connectivity index (χ0v) is 16.9. The zero-order chi connectivity index (χ0) is 19.9. The number of hydrogen-bond donors (Lipinski definition) is 0. The van der Waals surface area contributed by atoms with Crippen molar-refractivity contribution < 1.29 is 46.9 Å². The predicted molar refractivity (Wildman–Crippen MR) is 107 cm³/mol. The fraction of sp³-hybridized carbons (Fsp3) is 0. The third kappa shape index (κ3) is 6.63. The van der Waals surface area contributed by atoms with E-state index in [-0.39, 0.29) is 28.0 Å². The molecule has 0 saturated heterocycles. The van der Waals surface area contributed by atoms with E-state index in [0.717, 1.165) is 0 Å². The second-order valence-corrected chi connectivity index (χ2v) is 5.65. The summed E-state index contributed by atoms with van der Waals surface area (Å²) in [4.78, 5) is 0. The van der Waals surface area contributed by atoms with E-state index in [0.29, 0.717) is 41.7 Å². The van der Waals surface area contributed by atoms with Gasteiger partial charge in [-0.1, -0.05) is 0 Å². The molecule has 4 N–H and O–H groups in total. The molecule has 10 nitrogen and oxygen atoms in total. The molecule has 0 aliphatic heterocycles. The summed E-state index contributed by atoms with van der Waals surface area (Å²) in [5.74, 6) is 0. The molecule has 4 aromatic heterocycles. The molecule has 0 aliphatic carbocycles. The average Bonchev–Trinajstić information content (AvgIpc) is 2.71. The van der Waals surface area contributed by atoms with Crippen molar-refractivity contribution in [3.8, 4) is 22.8 Å². The van der Waals surface area contributed by atoms with Crippen molar-refractivity contribution in [2.75, 3.05) is 0 Å². The van der Waals surface area contributed by atoms with Gasteiger partial charge in [0.15, 0.2) is 24.8 Å². The molecule has 0 amide bonds. The third-order valence-corrected chi connectivity index (χ3v) is 3.82. The SMILES string of the molecule is O.O.[Cu].[O-][n+]1ccccc1-c1cccc[n+]1[O-].[O-][n+]1ccccc1-c1cccc[n+]1[O-]. The van der Waals surface area contributed by atoms with E-state index in [2.05, 4.69) is 0 Å². The minimum Gasteiger partial charge on any atom is -0.618 e. The van der Waals surface area contributed by atoms with Crippen LogP contribution in [0.3, 0.4) is 0 Å². The Morgan fingerprint density at radius 3 is 0.742 bits per heavy atom. The Morgan fingerprint density at radius 2 is 0.581 bits per heavy atom. The van der Waals surface area contributed by atoms with Crippen molar-refractivity contribution in [1.82, 2.24) is 0 Å². The maximum absolute atomic E-state index is 11.3. The van der Waals surface area contributed by atoms with E-state index < -0.39 is 0 Å². The van der Waals surface area contributed by atoms with Crippen molar-refractivity contribution in [2.24, 2.45) is 0 Å². The summed E-state index contributed by atoms with van der Waals surface area (Å²) in [6, 6.07) is 19.8. The molecule has 0 aliphatic rings. The Bertz CT molecular complexity index is 926. The van der Waals surface area contributed by atoms with Crippen molar-refractivity contribution in [3.63, 3.8) is 0 Å². The molecule has 0 spiro atoms. The first kappa shape index (κ1) is 27.2. The van der Waals surface area contributed by atoms with E-state index in [9.17, 15) is 20.8 Å². The summed E-state index contributed by atoms with van der Waals surface area (Å²) in [6.07, 6.45) is 5.45. The monoisotopic (exact) mass is 475 g/mol. The number of rotatable bonds is 2. The zero-order valence-electron chi connectivity index (χ0n) is 16.0. The van der Waals surface area contributed by atoms with Crippen molar-refractivity contribution in [2.45, 2.75) is 0 Å². The molecule has 1 radical (unpaired) electrons. The first-order valence-electron chi connectivity index (χ1n) is 8.31. The first-order chi connectivity index (χ1) is 13.6. The standard InChI is InChI=1S/2C10H8N2O2.Cu.2H2O/c2*13-11-7-3-1-5-9(11)10-6-2-4-8-12(10)14;;;/h2*1-8H;;2*1H2. The van der Waals surface area contributed by atoms with Crippen LogP contribution in [0.2, 0.25) is 0 Å². The molecular weight excluding hydrogens is 456 g/mol. The number of pyridine rings is 4. The van der Waals surface area contributed by atoms with Gasteiger partial charge in [-0.2, -0.15) is 18.9 Å². The maximum atomic E-state index is 11.3. The molecule has 11 heteroatoms. The molecule has 167 valence electrons. The van der Waals surface area contributed by atoms with Crippen LogP contribution >= 0.6 is 0 Å². The van der Waals surface area contributed by atoms with Gasteiger partial charge in [-0.25, -0.2) is 0 Å². The minimum atomic E-state index is 0. The van der Waals surface area contributed by atoms with Crippen LogP contribution in [0.15, 0.2) is 97.6 Å². The van der Waals surface area contributed by atoms with Crippen LogP contribution in [0.25, 0.3) is 22.8 Å². The Hall–Kier alpha value is -3.76. The minimum absolute atomic E-state index is 0. The van der Waals surface area contributed by atoms with Crippen LogP contribution in [0, 0.1) is 20.8 Å². The van der Waals surface area contributed by atoms with Crippen LogP contribution in [-0.2, 0) is 17.1 Å². The molecule has 0 bridgehead atoms. The van der Waals surface area contributed by atoms with Crippen LogP contribution in [-0.4, -0.2) is 11.0 Å². The van der Waals surface area contributed by atoms with E-state index >= 15 is 0 Å². The smallest absolute Gasteiger partial charge is 0.289 e. The van der Waals surface area contributed by atoms with Crippen LogP contribution in [0.1, 0.15) is 0 Å². The molecule has 4 aromatic rings. The van der Waals surface area contributed by atoms with Crippen molar-refractivity contribution in [3.05, 3.63) is 118 Å². The molecule has 0 aromatic carbocycles. The van der Waals surface area contributed by atoms with Crippen molar-refractivity contribution in [1.29, 1.82) is 0 Å². The Balaban J connectivity index is 0.000000529. The van der Waals surface area contributed by atoms with Crippen LogP contribution in [0.5, 0.6) is 0 Å². The van der Waals surface area contributed by atoms with Gasteiger partial charge in [-0.05, 0) is 24.3 Å². The summed E-state index contributed by atoms with van der Waals surface area (Å²) >= 11 is 0. The molecule has 0 atom stereocenters. The van der Waals surface area contributed by atoms with Crippen LogP contribution < -0.4 is 18.9 Å². The molecule has 0 fully saturated rings. The van der Waals surface area contributed by atoms with Gasteiger partial charge in [0, 0.05) is 65.6 Å². The maximum Gasteiger partial charge on any atom is 0.289 e. The quantitative estimate of drug-likeness (QED) is 0.218. The average molecular weight is 476 g/mol. The van der Waals surface area contributed by atoms with Gasteiger partial charge >= 0.3 is 0 Å². The van der Waals surface area contributed by atoms with Gasteiger partial charge in [0.1, 0.15) is 0 Å². The summed E-state index contributed by atoms with van der Waals surface area (Å²) in [5.41, 5.74) is 1.40. The first-order valence-corrected chi connectivity index (χ1v) is 8.31. The van der Waals surface area contributed by atoms with Crippen LogP contribution in [0.4, 0.5) is 0 Å². The Kier molecular flexibility index (Phi) is 11.2. The molecule has 31 heavy (non-hydrogen) atoms. The van der Waals surface area contributed by atoms with E-state index in [4.69, 9.17) is 0 Å². The topological polar surface area (TPSA) is 171 Å². The molecular formula is C20H20CuN4O6. The van der Waals surface area contributed by atoms with Crippen molar-refractivity contribution >= 4 is 0 Å². The van der Waals surface area contributed by atoms with Gasteiger partial charge in [0.2, 0.25) is 0 Å². The molecule has 4 rings (SSSR count). The summed E-state index contributed by atoms with van der Waals surface area (Å²) in [5, 5.41) is 45.3. The second kappa shape index (κ2) is 12.7. The van der Waals surface area contributed by atoms with E-state index in [1.807, 2.05) is 0 Å². The number of nitrogens with zero attached hydrogens (tertiary/aromatic N) is 4. The molecule has 4 heterocycles. The Labute approximate surface area is 188 Å². The van der Waals surface area contributed by atoms with Gasteiger partial charge in [-0.3, -0.25) is 0 Å². The number of hydrogen-bond acceptors (Lipinski definition) is 4. The number of aromatic nitrogens is 4.